The number of fused-ring (bicyclic) bond motifs is 1. The zero-order chi connectivity index (χ0) is 13.5. The summed E-state index contributed by atoms with van der Waals surface area (Å²) < 4.78 is 0. The predicted molar refractivity (Wildman–Crippen MR) is 85.5 cm³/mol. The third kappa shape index (κ3) is 3.59. The van der Waals surface area contributed by atoms with Crippen molar-refractivity contribution in [3.8, 4) is 0 Å². The molecule has 0 atom stereocenters. The SMILES string of the molecule is CC[CH]c1c(CCCCCC)ccc2ccccc12. The number of rotatable bonds is 7. The summed E-state index contributed by atoms with van der Waals surface area (Å²) in [5.74, 6) is 0. The highest BCUT2D eigenvalue weighted by atomic mass is 14.1. The van der Waals surface area contributed by atoms with Gasteiger partial charge in [0.15, 0.2) is 0 Å². The quantitative estimate of drug-likeness (QED) is 0.537. The van der Waals surface area contributed by atoms with Gasteiger partial charge >= 0.3 is 0 Å². The number of benzene rings is 2. The molecular weight excluding hydrogens is 228 g/mol. The standard InChI is InChI=1S/C19H25/c1-3-5-6-7-11-16-14-15-17-12-8-9-13-19(17)18(16)10-4-2/h8-10,12-15H,3-7,11H2,1-2H3. The zero-order valence-corrected chi connectivity index (χ0v) is 12.3. The van der Waals surface area contributed by atoms with Gasteiger partial charge in [-0.3, -0.25) is 0 Å². The molecule has 19 heavy (non-hydrogen) atoms. The molecule has 0 N–H and O–H groups in total. The van der Waals surface area contributed by atoms with E-state index in [4.69, 9.17) is 0 Å². The third-order valence-corrected chi connectivity index (χ3v) is 3.77. The Morgan fingerprint density at radius 2 is 1.74 bits per heavy atom. The van der Waals surface area contributed by atoms with Crippen molar-refractivity contribution in [2.45, 2.75) is 52.4 Å². The first-order valence-electron chi connectivity index (χ1n) is 7.70. The Kier molecular flexibility index (Phi) is 5.44. The van der Waals surface area contributed by atoms with E-state index >= 15 is 0 Å². The minimum absolute atomic E-state index is 1.11. The van der Waals surface area contributed by atoms with Crippen LogP contribution in [0.5, 0.6) is 0 Å². The molecule has 0 aliphatic carbocycles. The smallest absolute Gasteiger partial charge is 0.00866 e. The Morgan fingerprint density at radius 1 is 0.895 bits per heavy atom. The van der Waals surface area contributed by atoms with E-state index in [2.05, 4.69) is 56.7 Å². The highest BCUT2D eigenvalue weighted by Gasteiger charge is 2.06. The summed E-state index contributed by atoms with van der Waals surface area (Å²) in [5.41, 5.74) is 2.99. The van der Waals surface area contributed by atoms with Crippen LogP contribution in [0, 0.1) is 6.42 Å². The Morgan fingerprint density at radius 3 is 2.53 bits per heavy atom. The van der Waals surface area contributed by atoms with Crippen LogP contribution in [0.3, 0.4) is 0 Å². The molecule has 2 rings (SSSR count). The van der Waals surface area contributed by atoms with Gasteiger partial charge in [-0.1, -0.05) is 69.5 Å². The van der Waals surface area contributed by atoms with Crippen molar-refractivity contribution in [1.29, 1.82) is 0 Å². The topological polar surface area (TPSA) is 0 Å². The number of hydrogen-bond acceptors (Lipinski definition) is 0. The summed E-state index contributed by atoms with van der Waals surface area (Å²) >= 11 is 0. The van der Waals surface area contributed by atoms with Crippen molar-refractivity contribution in [1.82, 2.24) is 0 Å². The summed E-state index contributed by atoms with van der Waals surface area (Å²) in [7, 11) is 0. The van der Waals surface area contributed by atoms with Gasteiger partial charge in [0, 0.05) is 0 Å². The van der Waals surface area contributed by atoms with E-state index in [1.54, 1.807) is 0 Å². The normalized spacial score (nSPS) is 11.1. The predicted octanol–water partition coefficient (Wildman–Crippen LogP) is 5.92. The average molecular weight is 253 g/mol. The summed E-state index contributed by atoms with van der Waals surface area (Å²) in [6.45, 7) is 4.49. The molecule has 0 unspecified atom stereocenters. The number of hydrogen-bond donors (Lipinski definition) is 0. The second kappa shape index (κ2) is 7.33. The minimum atomic E-state index is 1.11. The summed E-state index contributed by atoms with van der Waals surface area (Å²) in [5, 5.41) is 2.77. The first-order chi connectivity index (χ1) is 9.36. The number of unbranched alkanes of at least 4 members (excludes halogenated alkanes) is 3. The molecule has 2 aromatic carbocycles. The van der Waals surface area contributed by atoms with Crippen LogP contribution in [0.15, 0.2) is 36.4 Å². The van der Waals surface area contributed by atoms with Crippen LogP contribution in [0.25, 0.3) is 10.8 Å². The van der Waals surface area contributed by atoms with Gasteiger partial charge in [0.2, 0.25) is 0 Å². The Bertz CT molecular complexity index is 510. The minimum Gasteiger partial charge on any atom is -0.0654 e. The second-order valence-corrected chi connectivity index (χ2v) is 5.28. The van der Waals surface area contributed by atoms with Crippen LogP contribution in [0.4, 0.5) is 0 Å². The average Bonchev–Trinajstić information content (AvgIpc) is 2.45. The van der Waals surface area contributed by atoms with E-state index in [9.17, 15) is 0 Å². The zero-order valence-electron chi connectivity index (χ0n) is 12.3. The second-order valence-electron chi connectivity index (χ2n) is 5.28. The van der Waals surface area contributed by atoms with Crippen LogP contribution < -0.4 is 0 Å². The number of aryl methyl sites for hydroxylation is 1. The molecule has 0 bridgehead atoms. The molecule has 0 heteroatoms. The highest BCUT2D eigenvalue weighted by Crippen LogP contribution is 2.26. The molecule has 0 aromatic heterocycles. The fraction of sp³-hybridized carbons (Fsp3) is 0.421. The van der Waals surface area contributed by atoms with Crippen molar-refractivity contribution in [3.05, 3.63) is 53.9 Å². The van der Waals surface area contributed by atoms with Gasteiger partial charge in [0.05, 0.1) is 0 Å². The fourth-order valence-electron chi connectivity index (χ4n) is 2.75. The van der Waals surface area contributed by atoms with Gasteiger partial charge in [-0.15, -0.1) is 0 Å². The van der Waals surface area contributed by atoms with Crippen LogP contribution in [-0.2, 0) is 6.42 Å². The maximum atomic E-state index is 2.39. The van der Waals surface area contributed by atoms with Gasteiger partial charge in [-0.05, 0) is 47.6 Å². The van der Waals surface area contributed by atoms with Crippen LogP contribution in [-0.4, -0.2) is 0 Å². The third-order valence-electron chi connectivity index (χ3n) is 3.77. The molecule has 0 amide bonds. The van der Waals surface area contributed by atoms with E-state index in [1.165, 1.54) is 54.0 Å². The Hall–Kier alpha value is -1.30. The van der Waals surface area contributed by atoms with Gasteiger partial charge in [0.25, 0.3) is 0 Å². The molecule has 0 saturated heterocycles. The van der Waals surface area contributed by atoms with Crippen molar-refractivity contribution >= 4 is 10.8 Å². The van der Waals surface area contributed by atoms with Crippen molar-refractivity contribution in [2.75, 3.05) is 0 Å². The molecule has 0 fully saturated rings. The summed E-state index contributed by atoms with van der Waals surface area (Å²) in [6, 6.07) is 13.3. The largest absolute Gasteiger partial charge is 0.0654 e. The van der Waals surface area contributed by atoms with Gasteiger partial charge in [-0.2, -0.15) is 0 Å². The van der Waals surface area contributed by atoms with E-state index in [0.29, 0.717) is 0 Å². The molecule has 2 aromatic rings. The van der Waals surface area contributed by atoms with Gasteiger partial charge < -0.3 is 0 Å². The molecule has 0 nitrogen and oxygen atoms in total. The van der Waals surface area contributed by atoms with Crippen LogP contribution in [0.2, 0.25) is 0 Å². The lowest BCUT2D eigenvalue weighted by Crippen LogP contribution is -1.95. The van der Waals surface area contributed by atoms with Crippen LogP contribution >= 0.6 is 0 Å². The lowest BCUT2D eigenvalue weighted by molar-refractivity contribution is 0.666. The highest BCUT2D eigenvalue weighted by molar-refractivity contribution is 5.87. The lowest BCUT2D eigenvalue weighted by atomic mass is 9.93. The van der Waals surface area contributed by atoms with Crippen molar-refractivity contribution < 1.29 is 0 Å². The summed E-state index contributed by atoms with van der Waals surface area (Å²) in [4.78, 5) is 0. The maximum absolute atomic E-state index is 2.39. The van der Waals surface area contributed by atoms with E-state index in [0.717, 1.165) is 6.42 Å². The summed E-state index contributed by atoms with van der Waals surface area (Å²) in [6.07, 6.45) is 10.1. The van der Waals surface area contributed by atoms with Crippen LogP contribution in [0.1, 0.15) is 57.1 Å². The molecule has 0 aliphatic rings. The molecule has 0 aliphatic heterocycles. The van der Waals surface area contributed by atoms with Gasteiger partial charge in [-0.25, -0.2) is 0 Å². The molecule has 0 spiro atoms. The van der Waals surface area contributed by atoms with Crippen molar-refractivity contribution in [3.63, 3.8) is 0 Å². The first kappa shape index (κ1) is 14.1. The molecule has 1 radical (unpaired) electrons. The maximum Gasteiger partial charge on any atom is -0.00866 e. The van der Waals surface area contributed by atoms with E-state index < -0.39 is 0 Å². The fourth-order valence-corrected chi connectivity index (χ4v) is 2.75. The molecule has 0 saturated carbocycles. The Balaban J connectivity index is 2.24. The molecule has 101 valence electrons. The van der Waals surface area contributed by atoms with Crippen molar-refractivity contribution in [2.24, 2.45) is 0 Å². The van der Waals surface area contributed by atoms with Gasteiger partial charge in [0.1, 0.15) is 0 Å². The first-order valence-corrected chi connectivity index (χ1v) is 7.70. The molecular formula is C19H25. The van der Waals surface area contributed by atoms with E-state index in [1.807, 2.05) is 0 Å². The molecule has 0 heterocycles. The Labute approximate surface area is 117 Å². The van der Waals surface area contributed by atoms with E-state index in [-0.39, 0.29) is 0 Å². The monoisotopic (exact) mass is 253 g/mol. The lowest BCUT2D eigenvalue weighted by Gasteiger charge is -2.12.